The minimum atomic E-state index is -3.26. The van der Waals surface area contributed by atoms with Crippen molar-refractivity contribution in [2.45, 2.75) is 44.8 Å². The fourth-order valence-electron chi connectivity index (χ4n) is 4.13. The number of nitrogens with zero attached hydrogens (tertiary/aromatic N) is 3. The van der Waals surface area contributed by atoms with Gasteiger partial charge in [-0.2, -0.15) is 0 Å². The zero-order chi connectivity index (χ0) is 26.0. The van der Waals surface area contributed by atoms with Crippen molar-refractivity contribution in [1.29, 1.82) is 0 Å². The average molecular weight is 535 g/mol. The summed E-state index contributed by atoms with van der Waals surface area (Å²) in [6, 6.07) is 7.36. The highest BCUT2D eigenvalue weighted by Crippen LogP contribution is 2.38. The van der Waals surface area contributed by atoms with Gasteiger partial charge in [0.25, 0.3) is 0 Å². The number of sulfonamides is 1. The molecule has 2 aromatic heterocycles. The zero-order valence-electron chi connectivity index (χ0n) is 20.1. The van der Waals surface area contributed by atoms with Crippen molar-refractivity contribution in [1.82, 2.24) is 14.3 Å². The normalized spacial score (nSPS) is 18.2. The van der Waals surface area contributed by atoms with E-state index in [1.54, 1.807) is 13.1 Å². The molecule has 2 heterocycles. The molecule has 0 radical (unpaired) electrons. The molecule has 9 nitrogen and oxygen atoms in total. The lowest BCUT2D eigenvalue weighted by molar-refractivity contribution is 0.0690. The third kappa shape index (κ3) is 6.00. The van der Waals surface area contributed by atoms with Crippen LogP contribution in [0.15, 0.2) is 36.5 Å². The van der Waals surface area contributed by atoms with E-state index < -0.39 is 21.8 Å². The molecule has 1 aliphatic carbocycles. The summed E-state index contributed by atoms with van der Waals surface area (Å²) >= 11 is 1.41. The molecule has 36 heavy (non-hydrogen) atoms. The Morgan fingerprint density at radius 3 is 2.58 bits per heavy atom. The lowest BCUT2D eigenvalue weighted by atomic mass is 9.93. The number of anilines is 2. The first-order chi connectivity index (χ1) is 17.0. The summed E-state index contributed by atoms with van der Waals surface area (Å²) in [7, 11) is -1.67. The molecule has 1 aromatic carbocycles. The SMILES string of the molecule is Cc1sc(-c2nccc(C(=O)O)n2)cc1Nc1ccc(F)cc1O[C@H]1CC[C@H](N(C)S(C)(=O)=O)CC1. The molecule has 0 amide bonds. The van der Waals surface area contributed by atoms with Crippen LogP contribution in [0, 0.1) is 12.7 Å². The van der Waals surface area contributed by atoms with Gasteiger partial charge in [0.2, 0.25) is 10.0 Å². The highest BCUT2D eigenvalue weighted by molar-refractivity contribution is 7.88. The number of carbonyl (C=O) groups is 1. The van der Waals surface area contributed by atoms with Gasteiger partial charge in [0.15, 0.2) is 11.5 Å². The van der Waals surface area contributed by atoms with Crippen molar-refractivity contribution < 1.29 is 27.4 Å². The summed E-state index contributed by atoms with van der Waals surface area (Å²) in [6.45, 7) is 1.90. The third-order valence-electron chi connectivity index (χ3n) is 6.20. The second-order valence-corrected chi connectivity index (χ2v) is 12.0. The molecule has 2 N–H and O–H groups in total. The van der Waals surface area contributed by atoms with Crippen LogP contribution in [0.4, 0.5) is 15.8 Å². The Morgan fingerprint density at radius 1 is 1.19 bits per heavy atom. The minimum Gasteiger partial charge on any atom is -0.488 e. The highest BCUT2D eigenvalue weighted by Gasteiger charge is 2.29. The summed E-state index contributed by atoms with van der Waals surface area (Å²) in [5.41, 5.74) is 1.24. The first-order valence-corrected chi connectivity index (χ1v) is 14.0. The first kappa shape index (κ1) is 26.0. The van der Waals surface area contributed by atoms with Crippen LogP contribution in [-0.4, -0.2) is 59.2 Å². The van der Waals surface area contributed by atoms with Gasteiger partial charge in [0.05, 0.1) is 28.6 Å². The lowest BCUT2D eigenvalue weighted by Gasteiger charge is -2.33. The van der Waals surface area contributed by atoms with Crippen molar-refractivity contribution in [2.24, 2.45) is 0 Å². The van der Waals surface area contributed by atoms with E-state index >= 15 is 0 Å². The van der Waals surface area contributed by atoms with Gasteiger partial charge >= 0.3 is 5.97 Å². The van der Waals surface area contributed by atoms with Crippen molar-refractivity contribution in [2.75, 3.05) is 18.6 Å². The molecule has 0 saturated heterocycles. The Balaban J connectivity index is 1.50. The molecule has 3 aromatic rings. The van der Waals surface area contributed by atoms with Gasteiger partial charge in [-0.15, -0.1) is 11.3 Å². The molecular weight excluding hydrogens is 507 g/mol. The summed E-state index contributed by atoms with van der Waals surface area (Å²) in [6.07, 6.45) is 5.07. The van der Waals surface area contributed by atoms with E-state index in [2.05, 4.69) is 15.3 Å². The Kier molecular flexibility index (Phi) is 7.57. The second kappa shape index (κ2) is 10.5. The van der Waals surface area contributed by atoms with Crippen molar-refractivity contribution in [3.8, 4) is 16.5 Å². The quantitative estimate of drug-likeness (QED) is 0.427. The maximum absolute atomic E-state index is 14.1. The van der Waals surface area contributed by atoms with Crippen molar-refractivity contribution in [3.63, 3.8) is 0 Å². The fourth-order valence-corrected chi connectivity index (χ4v) is 5.80. The van der Waals surface area contributed by atoms with E-state index in [1.165, 1.54) is 46.3 Å². The molecule has 0 spiro atoms. The number of hydrogen-bond donors (Lipinski definition) is 2. The van der Waals surface area contributed by atoms with Crippen LogP contribution in [0.3, 0.4) is 0 Å². The predicted octanol–water partition coefficient (Wildman–Crippen LogP) is 4.68. The Labute approximate surface area is 213 Å². The Morgan fingerprint density at radius 2 is 1.92 bits per heavy atom. The highest BCUT2D eigenvalue weighted by atomic mass is 32.2. The van der Waals surface area contributed by atoms with Crippen molar-refractivity contribution in [3.05, 3.63) is 52.9 Å². The van der Waals surface area contributed by atoms with Crippen LogP contribution in [0.5, 0.6) is 5.75 Å². The molecule has 0 unspecified atom stereocenters. The van der Waals surface area contributed by atoms with Crippen molar-refractivity contribution >= 4 is 38.7 Å². The number of aryl methyl sites for hydroxylation is 1. The summed E-state index contributed by atoms with van der Waals surface area (Å²) < 4.78 is 45.4. The van der Waals surface area contributed by atoms with Gasteiger partial charge in [-0.1, -0.05) is 0 Å². The van der Waals surface area contributed by atoms with Gasteiger partial charge < -0.3 is 15.2 Å². The molecule has 0 aliphatic heterocycles. The molecule has 192 valence electrons. The topological polar surface area (TPSA) is 122 Å². The smallest absolute Gasteiger partial charge is 0.354 e. The zero-order valence-corrected chi connectivity index (χ0v) is 21.7. The molecule has 0 atom stereocenters. The Hall–Kier alpha value is -3.09. The average Bonchev–Trinajstić information content (AvgIpc) is 3.20. The molecule has 4 rings (SSSR count). The number of nitrogens with one attached hydrogen (secondary N) is 1. The standard InChI is InChI=1S/C24H27FN4O5S2/c1-14-20(13-22(35-14)23-26-11-10-19(28-23)24(30)31)27-18-9-4-15(25)12-21(18)34-17-7-5-16(6-8-17)29(2)36(3,32)33/h4,9-13,16-17,27H,5-8H2,1-3H3,(H,30,31)/t16-,17-. The van der Waals surface area contributed by atoms with Gasteiger partial charge in [0, 0.05) is 30.2 Å². The summed E-state index contributed by atoms with van der Waals surface area (Å²) in [4.78, 5) is 21.1. The van der Waals surface area contributed by atoms with Crippen LogP contribution in [0.25, 0.3) is 10.7 Å². The fraction of sp³-hybridized carbons (Fsp3) is 0.375. The number of hydrogen-bond acceptors (Lipinski definition) is 8. The maximum Gasteiger partial charge on any atom is 0.354 e. The van der Waals surface area contributed by atoms with E-state index in [0.29, 0.717) is 47.8 Å². The number of thiophene rings is 1. The van der Waals surface area contributed by atoms with E-state index in [1.807, 2.05) is 13.0 Å². The molecular formula is C24H27FN4O5S2. The predicted molar refractivity (Wildman–Crippen MR) is 136 cm³/mol. The summed E-state index contributed by atoms with van der Waals surface area (Å²) in [5.74, 6) is -0.883. The number of rotatable bonds is 8. The number of ether oxygens (including phenoxy) is 1. The number of carboxylic acids is 1. The van der Waals surface area contributed by atoms with Crippen LogP contribution in [-0.2, 0) is 10.0 Å². The Bertz CT molecular complexity index is 1370. The summed E-state index contributed by atoms with van der Waals surface area (Å²) in [5, 5.41) is 12.5. The van der Waals surface area contributed by atoms with E-state index in [9.17, 15) is 22.7 Å². The largest absolute Gasteiger partial charge is 0.488 e. The van der Waals surface area contributed by atoms with E-state index in [4.69, 9.17) is 4.74 Å². The van der Waals surface area contributed by atoms with Crippen LogP contribution < -0.4 is 10.1 Å². The molecule has 1 fully saturated rings. The minimum absolute atomic E-state index is 0.0707. The van der Waals surface area contributed by atoms with Gasteiger partial charge in [0.1, 0.15) is 11.6 Å². The number of carboxylic acid groups (broad SMARTS) is 1. The van der Waals surface area contributed by atoms with Crippen LogP contribution >= 0.6 is 11.3 Å². The maximum atomic E-state index is 14.1. The van der Waals surface area contributed by atoms with Gasteiger partial charge in [-0.05, 0) is 56.9 Å². The molecule has 12 heteroatoms. The molecule has 1 aliphatic rings. The number of aromatic carboxylic acids is 1. The van der Waals surface area contributed by atoms with Crippen LogP contribution in [0.2, 0.25) is 0 Å². The van der Waals surface area contributed by atoms with Gasteiger partial charge in [-0.25, -0.2) is 31.9 Å². The molecule has 1 saturated carbocycles. The van der Waals surface area contributed by atoms with Crippen LogP contribution in [0.1, 0.15) is 41.0 Å². The lowest BCUT2D eigenvalue weighted by Crippen LogP contribution is -2.40. The molecule has 0 bridgehead atoms. The number of aromatic nitrogens is 2. The number of benzene rings is 1. The van der Waals surface area contributed by atoms with E-state index in [-0.39, 0.29) is 17.8 Å². The van der Waals surface area contributed by atoms with Gasteiger partial charge in [-0.3, -0.25) is 0 Å². The second-order valence-electron chi connectivity index (χ2n) is 8.74. The monoisotopic (exact) mass is 534 g/mol. The number of halogens is 1. The van der Waals surface area contributed by atoms with E-state index in [0.717, 1.165) is 10.6 Å². The first-order valence-electron chi connectivity index (χ1n) is 11.3. The third-order valence-corrected chi connectivity index (χ3v) is 8.59.